The maximum atomic E-state index is 12.8. The van der Waals surface area contributed by atoms with E-state index in [1.165, 1.54) is 0 Å². The molecule has 0 aliphatic carbocycles. The summed E-state index contributed by atoms with van der Waals surface area (Å²) in [6.07, 6.45) is 1.62. The molecule has 0 saturated carbocycles. The van der Waals surface area contributed by atoms with E-state index in [9.17, 15) is 9.59 Å². The van der Waals surface area contributed by atoms with Crippen LogP contribution in [-0.2, 0) is 4.79 Å². The number of thiophene rings is 1. The number of hydrogen-bond acceptors (Lipinski definition) is 7. The molecule has 1 aromatic carbocycles. The summed E-state index contributed by atoms with van der Waals surface area (Å²) in [5, 5.41) is 6.07. The van der Waals surface area contributed by atoms with E-state index in [0.717, 1.165) is 42.2 Å². The molecule has 154 valence electrons. The lowest BCUT2D eigenvalue weighted by molar-refractivity contribution is -0.120. The van der Waals surface area contributed by atoms with Gasteiger partial charge in [-0.15, -0.1) is 11.3 Å². The summed E-state index contributed by atoms with van der Waals surface area (Å²) in [4.78, 5) is 43.8. The van der Waals surface area contributed by atoms with Crippen LogP contribution in [0.3, 0.4) is 0 Å². The highest BCUT2D eigenvalue weighted by Gasteiger charge is 2.27. The van der Waals surface area contributed by atoms with Crippen LogP contribution in [0.4, 0.5) is 11.5 Å². The second kappa shape index (κ2) is 7.54. The molecular formula is C20H21N7O2S. The summed E-state index contributed by atoms with van der Waals surface area (Å²) in [7, 11) is 0. The maximum absolute atomic E-state index is 12.8. The summed E-state index contributed by atoms with van der Waals surface area (Å²) >= 11 is 1.61. The number of imidazole rings is 1. The lowest BCUT2D eigenvalue weighted by Crippen LogP contribution is -2.53. The van der Waals surface area contributed by atoms with Crippen LogP contribution < -0.4 is 15.9 Å². The van der Waals surface area contributed by atoms with E-state index in [2.05, 4.69) is 41.1 Å². The van der Waals surface area contributed by atoms with Gasteiger partial charge >= 0.3 is 5.69 Å². The van der Waals surface area contributed by atoms with Gasteiger partial charge in [-0.2, -0.15) is 0 Å². The van der Waals surface area contributed by atoms with Crippen LogP contribution in [0.15, 0.2) is 40.8 Å². The van der Waals surface area contributed by atoms with Crippen molar-refractivity contribution in [3.05, 3.63) is 46.5 Å². The van der Waals surface area contributed by atoms with Gasteiger partial charge in [0.25, 0.3) is 0 Å². The fourth-order valence-corrected chi connectivity index (χ4v) is 4.60. The fourth-order valence-electron chi connectivity index (χ4n) is 3.87. The smallest absolute Gasteiger partial charge is 0.323 e. The number of amides is 1. The minimum atomic E-state index is -0.264. The number of H-pyrrole nitrogens is 2. The minimum Gasteiger partial charge on any atom is -0.353 e. The molecule has 0 bridgehead atoms. The first-order chi connectivity index (χ1) is 14.6. The predicted molar refractivity (Wildman–Crippen MR) is 118 cm³/mol. The van der Waals surface area contributed by atoms with Crippen LogP contribution in [0, 0.1) is 0 Å². The van der Waals surface area contributed by atoms with E-state index < -0.39 is 0 Å². The number of hydrogen-bond donors (Lipinski definition) is 3. The lowest BCUT2D eigenvalue weighted by Gasteiger charge is -2.38. The molecule has 0 radical (unpaired) electrons. The molecular weight excluding hydrogens is 402 g/mol. The average molecular weight is 424 g/mol. The Balaban J connectivity index is 1.23. The molecule has 30 heavy (non-hydrogen) atoms. The average Bonchev–Trinajstić information content (AvgIpc) is 3.38. The van der Waals surface area contributed by atoms with Gasteiger partial charge < -0.3 is 20.2 Å². The van der Waals surface area contributed by atoms with Crippen molar-refractivity contribution >= 4 is 50.0 Å². The molecule has 0 spiro atoms. The molecule has 9 nitrogen and oxygen atoms in total. The molecule has 1 atom stereocenters. The van der Waals surface area contributed by atoms with E-state index in [1.807, 2.05) is 12.3 Å². The number of piperazine rings is 1. The van der Waals surface area contributed by atoms with Gasteiger partial charge in [0.1, 0.15) is 17.0 Å². The van der Waals surface area contributed by atoms with Crippen molar-refractivity contribution in [3.8, 4) is 0 Å². The molecule has 3 aromatic heterocycles. The van der Waals surface area contributed by atoms with Crippen LogP contribution in [0.5, 0.6) is 0 Å². The van der Waals surface area contributed by atoms with Gasteiger partial charge in [0.15, 0.2) is 0 Å². The van der Waals surface area contributed by atoms with E-state index in [0.29, 0.717) is 16.7 Å². The summed E-state index contributed by atoms with van der Waals surface area (Å²) < 4.78 is 0. The molecule has 1 unspecified atom stereocenters. The van der Waals surface area contributed by atoms with Gasteiger partial charge in [0, 0.05) is 31.9 Å². The summed E-state index contributed by atoms with van der Waals surface area (Å²) in [6.45, 7) is 5.07. The molecule has 4 aromatic rings. The first-order valence-electron chi connectivity index (χ1n) is 9.78. The van der Waals surface area contributed by atoms with Gasteiger partial charge in [-0.25, -0.2) is 14.8 Å². The number of nitrogens with one attached hydrogen (secondary N) is 3. The van der Waals surface area contributed by atoms with E-state index in [1.54, 1.807) is 35.9 Å². The van der Waals surface area contributed by atoms with Crippen LogP contribution in [-0.4, -0.2) is 63.0 Å². The number of benzene rings is 1. The molecule has 4 heterocycles. The maximum Gasteiger partial charge on any atom is 0.323 e. The first-order valence-corrected chi connectivity index (χ1v) is 10.7. The van der Waals surface area contributed by atoms with Crippen LogP contribution in [0.2, 0.25) is 0 Å². The third kappa shape index (κ3) is 3.44. The highest BCUT2D eigenvalue weighted by atomic mass is 32.1. The number of aromatic amines is 2. The third-order valence-electron chi connectivity index (χ3n) is 5.57. The zero-order valence-corrected chi connectivity index (χ0v) is 17.2. The predicted octanol–water partition coefficient (Wildman–Crippen LogP) is 2.01. The molecule has 3 N–H and O–H groups in total. The van der Waals surface area contributed by atoms with Crippen molar-refractivity contribution in [2.75, 3.05) is 36.4 Å². The van der Waals surface area contributed by atoms with Gasteiger partial charge in [0.05, 0.1) is 22.5 Å². The minimum absolute atomic E-state index is 0.0667. The van der Waals surface area contributed by atoms with Gasteiger partial charge in [-0.05, 0) is 36.6 Å². The molecule has 1 aliphatic heterocycles. The normalized spacial score (nSPS) is 16.2. The van der Waals surface area contributed by atoms with Gasteiger partial charge in [-0.1, -0.05) is 0 Å². The van der Waals surface area contributed by atoms with Crippen molar-refractivity contribution in [2.45, 2.75) is 13.0 Å². The molecule has 5 rings (SSSR count). The van der Waals surface area contributed by atoms with E-state index >= 15 is 0 Å². The first kappa shape index (κ1) is 18.8. The summed E-state index contributed by atoms with van der Waals surface area (Å²) in [5.41, 5.74) is 1.78. The topological polar surface area (TPSA) is 110 Å². The molecule has 10 heteroatoms. The number of carbonyl (C=O) groups excluding carboxylic acids is 1. The van der Waals surface area contributed by atoms with Crippen molar-refractivity contribution in [1.29, 1.82) is 0 Å². The largest absolute Gasteiger partial charge is 0.353 e. The summed E-state index contributed by atoms with van der Waals surface area (Å²) in [6, 6.07) is 7.12. The quantitative estimate of drug-likeness (QED) is 0.463. The molecule has 1 saturated heterocycles. The zero-order valence-electron chi connectivity index (χ0n) is 16.4. The Morgan fingerprint density at radius 2 is 1.93 bits per heavy atom. The number of carbonyl (C=O) groups is 1. The Kier molecular flexibility index (Phi) is 4.72. The molecule has 1 amide bonds. The number of anilines is 2. The van der Waals surface area contributed by atoms with Crippen molar-refractivity contribution in [1.82, 2.24) is 24.8 Å². The van der Waals surface area contributed by atoms with Crippen molar-refractivity contribution in [3.63, 3.8) is 0 Å². The van der Waals surface area contributed by atoms with Crippen molar-refractivity contribution < 1.29 is 4.79 Å². The van der Waals surface area contributed by atoms with E-state index in [-0.39, 0.29) is 17.6 Å². The highest BCUT2D eigenvalue weighted by Crippen LogP contribution is 2.27. The molecule has 1 aliphatic rings. The zero-order chi connectivity index (χ0) is 20.7. The standard InChI is InChI=1S/C20H21N7O2S/c1-12(18(28)23-13-2-3-15-16(10-13)25-20(29)24-15)26-5-7-27(8-6-26)17-14-4-9-30-19(14)22-11-21-17/h2-4,9-12H,5-8H2,1H3,(H,23,28)(H2,24,25,29). The van der Waals surface area contributed by atoms with Crippen LogP contribution in [0.25, 0.3) is 21.3 Å². The highest BCUT2D eigenvalue weighted by molar-refractivity contribution is 7.16. The Morgan fingerprint density at radius 3 is 2.77 bits per heavy atom. The Labute approximate surface area is 175 Å². The lowest BCUT2D eigenvalue weighted by atomic mass is 10.2. The number of aromatic nitrogens is 4. The monoisotopic (exact) mass is 423 g/mol. The van der Waals surface area contributed by atoms with Gasteiger partial charge in [0.2, 0.25) is 5.91 Å². The van der Waals surface area contributed by atoms with Crippen LogP contribution >= 0.6 is 11.3 Å². The van der Waals surface area contributed by atoms with Crippen LogP contribution in [0.1, 0.15) is 6.92 Å². The SMILES string of the molecule is CC(C(=O)Nc1ccc2[nH]c(=O)[nH]c2c1)N1CCN(c2ncnc3sccc23)CC1. The number of rotatable bonds is 4. The molecule has 1 fully saturated rings. The van der Waals surface area contributed by atoms with E-state index in [4.69, 9.17) is 0 Å². The number of fused-ring (bicyclic) bond motifs is 2. The second-order valence-corrected chi connectivity index (χ2v) is 8.26. The van der Waals surface area contributed by atoms with Gasteiger partial charge in [-0.3, -0.25) is 9.69 Å². The summed E-state index contributed by atoms with van der Waals surface area (Å²) in [5.74, 6) is 0.898. The Bertz CT molecular complexity index is 1270. The second-order valence-electron chi connectivity index (χ2n) is 7.36. The Morgan fingerprint density at radius 1 is 1.13 bits per heavy atom. The fraction of sp³-hybridized carbons (Fsp3) is 0.300. The number of nitrogens with zero attached hydrogens (tertiary/aromatic N) is 4. The van der Waals surface area contributed by atoms with Crippen molar-refractivity contribution in [2.24, 2.45) is 0 Å². The Hall–Kier alpha value is -3.24. The third-order valence-corrected chi connectivity index (χ3v) is 6.39.